The molecule has 2 aliphatic carbocycles. The molecule has 4 nitrogen and oxygen atoms in total. The van der Waals surface area contributed by atoms with Gasteiger partial charge < -0.3 is 14.8 Å². The molecule has 0 saturated heterocycles. The van der Waals surface area contributed by atoms with E-state index in [1.54, 1.807) is 0 Å². The van der Waals surface area contributed by atoms with E-state index in [2.05, 4.69) is 48.3 Å². The number of aromatic nitrogens is 1. The molecule has 2 N–H and O–H groups in total. The maximum atomic E-state index is 12.8. The first kappa shape index (κ1) is 17.7. The smallest absolute Gasteiger partial charge is 0.314 e. The molecule has 0 radical (unpaired) electrons. The maximum absolute atomic E-state index is 12.8. The van der Waals surface area contributed by atoms with E-state index < -0.39 is 11.5 Å². The van der Waals surface area contributed by atoms with Crippen LogP contribution in [-0.2, 0) is 21.4 Å². The number of fused-ring (bicyclic) bond motifs is 6. The standard InChI is InChI=1S/C24H27NO3/c1-23-11-10-21(26)24(2,22(27)28-3)20(23)9-8-14-12-19-16(13-17(14)23)15-6-4-5-7-18(15)25-19/h4-7,12-13,20-21,25-26H,8-11H2,1-3H3/t20-,21+,23-,24+/m1/s1. The minimum Gasteiger partial charge on any atom is -0.469 e. The molecule has 4 heteroatoms. The zero-order valence-electron chi connectivity index (χ0n) is 16.7. The molecule has 4 atom stereocenters. The van der Waals surface area contributed by atoms with Crippen LogP contribution in [0.2, 0.25) is 0 Å². The number of aromatic amines is 1. The molecule has 146 valence electrons. The minimum atomic E-state index is -0.866. The van der Waals surface area contributed by atoms with E-state index in [0.717, 1.165) is 24.8 Å². The van der Waals surface area contributed by atoms with E-state index in [0.29, 0.717) is 6.42 Å². The fourth-order valence-corrected chi connectivity index (χ4v) is 6.22. The van der Waals surface area contributed by atoms with Crippen molar-refractivity contribution in [3.8, 4) is 0 Å². The van der Waals surface area contributed by atoms with Crippen molar-refractivity contribution in [2.24, 2.45) is 11.3 Å². The molecule has 2 aliphatic rings. The van der Waals surface area contributed by atoms with E-state index in [-0.39, 0.29) is 17.3 Å². The number of aryl methyl sites for hydroxylation is 1. The molecule has 1 aromatic heterocycles. The Morgan fingerprint density at radius 1 is 1.14 bits per heavy atom. The number of benzene rings is 2. The molecule has 1 saturated carbocycles. The summed E-state index contributed by atoms with van der Waals surface area (Å²) in [5.74, 6) is -0.223. The van der Waals surface area contributed by atoms with Crippen LogP contribution in [0.3, 0.4) is 0 Å². The highest BCUT2D eigenvalue weighted by molar-refractivity contribution is 6.07. The van der Waals surface area contributed by atoms with Crippen molar-refractivity contribution in [1.29, 1.82) is 0 Å². The molecule has 28 heavy (non-hydrogen) atoms. The minimum absolute atomic E-state index is 0.0614. The summed E-state index contributed by atoms with van der Waals surface area (Å²) in [5.41, 5.74) is 4.01. The highest BCUT2D eigenvalue weighted by Crippen LogP contribution is 2.58. The number of aliphatic hydroxyl groups is 1. The molecule has 1 heterocycles. The predicted molar refractivity (Wildman–Crippen MR) is 110 cm³/mol. The number of aliphatic hydroxyl groups excluding tert-OH is 1. The monoisotopic (exact) mass is 377 g/mol. The first-order valence-corrected chi connectivity index (χ1v) is 10.2. The van der Waals surface area contributed by atoms with Crippen LogP contribution in [-0.4, -0.2) is 29.3 Å². The number of carbonyl (C=O) groups is 1. The van der Waals surface area contributed by atoms with Crippen molar-refractivity contribution in [3.63, 3.8) is 0 Å². The van der Waals surface area contributed by atoms with Crippen LogP contribution in [0.15, 0.2) is 36.4 Å². The summed E-state index contributed by atoms with van der Waals surface area (Å²) in [6, 6.07) is 13.0. The molecular formula is C24H27NO3. The van der Waals surface area contributed by atoms with Gasteiger partial charge in [-0.05, 0) is 73.3 Å². The topological polar surface area (TPSA) is 62.3 Å². The highest BCUT2D eigenvalue weighted by Gasteiger charge is 2.59. The number of esters is 1. The third-order valence-electron chi connectivity index (χ3n) is 7.80. The maximum Gasteiger partial charge on any atom is 0.314 e. The lowest BCUT2D eigenvalue weighted by molar-refractivity contribution is -0.175. The van der Waals surface area contributed by atoms with E-state index in [1.165, 1.54) is 34.5 Å². The Morgan fingerprint density at radius 2 is 1.93 bits per heavy atom. The van der Waals surface area contributed by atoms with E-state index >= 15 is 0 Å². The lowest BCUT2D eigenvalue weighted by Crippen LogP contribution is -2.58. The van der Waals surface area contributed by atoms with Crippen LogP contribution in [0, 0.1) is 11.3 Å². The molecule has 2 aromatic carbocycles. The number of ether oxygens (including phenoxy) is 1. The average Bonchev–Trinajstić information content (AvgIpc) is 3.06. The number of nitrogens with one attached hydrogen (secondary N) is 1. The van der Waals surface area contributed by atoms with E-state index in [1.807, 2.05) is 6.92 Å². The van der Waals surface area contributed by atoms with Crippen LogP contribution in [0.25, 0.3) is 21.8 Å². The number of carbonyl (C=O) groups excluding carboxylic acids is 1. The first-order chi connectivity index (χ1) is 13.4. The Bertz CT molecular complexity index is 1100. The SMILES string of the molecule is COC(=O)[C@]1(C)[C@@H](O)CC[C@]2(C)c3cc4c(cc3CC[C@@H]12)[nH]c1ccccc14. The summed E-state index contributed by atoms with van der Waals surface area (Å²) in [6.07, 6.45) is 2.64. The molecule has 0 amide bonds. The van der Waals surface area contributed by atoms with Gasteiger partial charge in [-0.1, -0.05) is 25.1 Å². The Balaban J connectivity index is 1.73. The molecular weight excluding hydrogens is 350 g/mol. The fourth-order valence-electron chi connectivity index (χ4n) is 6.22. The lowest BCUT2D eigenvalue weighted by Gasteiger charge is -2.55. The Morgan fingerprint density at radius 3 is 2.71 bits per heavy atom. The Labute approximate surface area is 164 Å². The fraction of sp³-hybridized carbons (Fsp3) is 0.458. The molecule has 0 bridgehead atoms. The van der Waals surface area contributed by atoms with Gasteiger partial charge in [-0.2, -0.15) is 0 Å². The second kappa shape index (κ2) is 5.84. The second-order valence-corrected chi connectivity index (χ2v) is 9.06. The van der Waals surface area contributed by atoms with Crippen molar-refractivity contribution in [2.75, 3.05) is 7.11 Å². The number of rotatable bonds is 1. The Hall–Kier alpha value is -2.33. The lowest BCUT2D eigenvalue weighted by atomic mass is 9.49. The summed E-state index contributed by atoms with van der Waals surface area (Å²) in [6.45, 7) is 4.18. The van der Waals surface area contributed by atoms with Gasteiger partial charge in [0.05, 0.1) is 18.6 Å². The number of H-pyrrole nitrogens is 1. The van der Waals surface area contributed by atoms with Gasteiger partial charge in [-0.15, -0.1) is 0 Å². The highest BCUT2D eigenvalue weighted by atomic mass is 16.5. The van der Waals surface area contributed by atoms with Crippen molar-refractivity contribution >= 4 is 27.8 Å². The van der Waals surface area contributed by atoms with Gasteiger partial charge >= 0.3 is 5.97 Å². The van der Waals surface area contributed by atoms with Gasteiger partial charge in [0.25, 0.3) is 0 Å². The molecule has 5 rings (SSSR count). The summed E-state index contributed by atoms with van der Waals surface area (Å²) < 4.78 is 5.16. The number of hydrogen-bond donors (Lipinski definition) is 2. The summed E-state index contributed by atoms with van der Waals surface area (Å²) >= 11 is 0. The van der Waals surface area contributed by atoms with Gasteiger partial charge in [0.1, 0.15) is 0 Å². The molecule has 1 fully saturated rings. The Kier molecular flexibility index (Phi) is 3.70. The molecule has 0 spiro atoms. The third-order valence-corrected chi connectivity index (χ3v) is 7.80. The number of methoxy groups -OCH3 is 1. The van der Waals surface area contributed by atoms with E-state index in [4.69, 9.17) is 4.74 Å². The van der Waals surface area contributed by atoms with Crippen LogP contribution in [0.1, 0.15) is 44.2 Å². The van der Waals surface area contributed by atoms with Crippen molar-refractivity contribution < 1.29 is 14.6 Å². The van der Waals surface area contributed by atoms with Gasteiger partial charge in [0, 0.05) is 21.8 Å². The summed E-state index contributed by atoms with van der Waals surface area (Å²) in [5, 5.41) is 13.3. The van der Waals surface area contributed by atoms with E-state index in [9.17, 15) is 9.90 Å². The van der Waals surface area contributed by atoms with Gasteiger partial charge in [-0.3, -0.25) is 4.79 Å². The number of para-hydroxylation sites is 1. The van der Waals surface area contributed by atoms with Crippen molar-refractivity contribution in [1.82, 2.24) is 4.98 Å². The normalized spacial score (nSPS) is 32.1. The van der Waals surface area contributed by atoms with Crippen molar-refractivity contribution in [3.05, 3.63) is 47.5 Å². The van der Waals surface area contributed by atoms with Crippen molar-refractivity contribution in [2.45, 2.75) is 51.0 Å². The summed E-state index contributed by atoms with van der Waals surface area (Å²) in [4.78, 5) is 16.3. The average molecular weight is 377 g/mol. The largest absolute Gasteiger partial charge is 0.469 e. The summed E-state index contributed by atoms with van der Waals surface area (Å²) in [7, 11) is 1.43. The zero-order chi connectivity index (χ0) is 19.7. The van der Waals surface area contributed by atoms with Crippen LogP contribution in [0.5, 0.6) is 0 Å². The van der Waals surface area contributed by atoms with Crippen LogP contribution in [0.4, 0.5) is 0 Å². The number of hydrogen-bond acceptors (Lipinski definition) is 3. The van der Waals surface area contributed by atoms with Gasteiger partial charge in [-0.25, -0.2) is 0 Å². The zero-order valence-corrected chi connectivity index (χ0v) is 16.7. The molecule has 3 aromatic rings. The third kappa shape index (κ3) is 2.12. The van der Waals surface area contributed by atoms with Gasteiger partial charge in [0.15, 0.2) is 0 Å². The van der Waals surface area contributed by atoms with Crippen LogP contribution >= 0.6 is 0 Å². The van der Waals surface area contributed by atoms with Gasteiger partial charge in [0.2, 0.25) is 0 Å². The predicted octanol–water partition coefficient (Wildman–Crippen LogP) is 4.48. The second-order valence-electron chi connectivity index (χ2n) is 9.06. The molecule has 0 aliphatic heterocycles. The quantitative estimate of drug-likeness (QED) is 0.615. The first-order valence-electron chi connectivity index (χ1n) is 10.2. The molecule has 0 unspecified atom stereocenters. The van der Waals surface area contributed by atoms with Crippen LogP contribution < -0.4 is 0 Å².